The summed E-state index contributed by atoms with van der Waals surface area (Å²) in [5.74, 6) is 0.334. The van der Waals surface area contributed by atoms with Crippen molar-refractivity contribution >= 4 is 0 Å². The topological polar surface area (TPSA) is 32.7 Å². The molecule has 2 fully saturated rings. The Bertz CT molecular complexity index is 462. The molecule has 2 aliphatic rings. The van der Waals surface area contributed by atoms with Crippen molar-refractivity contribution in [3.63, 3.8) is 0 Å². The molecule has 1 saturated carbocycles. The third-order valence-corrected chi connectivity index (χ3v) is 4.64. The zero-order valence-electron chi connectivity index (χ0n) is 11.8. The highest BCUT2D eigenvalue weighted by Crippen LogP contribution is 2.46. The van der Waals surface area contributed by atoms with E-state index in [2.05, 4.69) is 24.9 Å². The molecule has 19 heavy (non-hydrogen) atoms. The van der Waals surface area contributed by atoms with Crippen molar-refractivity contribution in [2.75, 3.05) is 13.6 Å². The molecule has 0 spiro atoms. The first-order chi connectivity index (χ1) is 9.12. The molecule has 3 rings (SSSR count). The number of ether oxygens (including phenoxy) is 1. The summed E-state index contributed by atoms with van der Waals surface area (Å²) in [5, 5.41) is 9.79. The van der Waals surface area contributed by atoms with Crippen LogP contribution in [0.5, 0.6) is 5.75 Å². The molecule has 1 aliphatic heterocycles. The van der Waals surface area contributed by atoms with E-state index in [-0.39, 0.29) is 11.7 Å². The number of fused-ring (bicyclic) bond motifs is 1. The van der Waals surface area contributed by atoms with E-state index in [0.29, 0.717) is 11.8 Å². The van der Waals surface area contributed by atoms with Gasteiger partial charge in [0.15, 0.2) is 0 Å². The minimum absolute atomic E-state index is 0.233. The van der Waals surface area contributed by atoms with E-state index >= 15 is 0 Å². The zero-order valence-corrected chi connectivity index (χ0v) is 11.8. The van der Waals surface area contributed by atoms with Crippen LogP contribution in [0.25, 0.3) is 0 Å². The number of phenolic OH excluding ortho intramolecular Hbond substituents is 1. The highest BCUT2D eigenvalue weighted by molar-refractivity contribution is 5.34. The quantitative estimate of drug-likeness (QED) is 0.843. The lowest BCUT2D eigenvalue weighted by Crippen LogP contribution is -2.60. The highest BCUT2D eigenvalue weighted by atomic mass is 16.5. The molecule has 3 atom stereocenters. The Hall–Kier alpha value is -1.06. The van der Waals surface area contributed by atoms with Crippen LogP contribution in [0.1, 0.15) is 38.2 Å². The van der Waals surface area contributed by atoms with Gasteiger partial charge in [-0.15, -0.1) is 0 Å². The van der Waals surface area contributed by atoms with Gasteiger partial charge < -0.3 is 9.84 Å². The Labute approximate surface area is 115 Å². The second kappa shape index (κ2) is 4.80. The van der Waals surface area contributed by atoms with Crippen molar-refractivity contribution in [1.29, 1.82) is 0 Å². The SMILES string of the molecule is C[C@@H]1CN(C)[C@H]2CCCC[C@]2(c2cccc(O)c2)O1. The molecule has 3 heteroatoms. The van der Waals surface area contributed by atoms with Gasteiger partial charge in [0, 0.05) is 12.6 Å². The molecular formula is C16H23NO2. The maximum absolute atomic E-state index is 9.79. The van der Waals surface area contributed by atoms with E-state index < -0.39 is 0 Å². The van der Waals surface area contributed by atoms with Gasteiger partial charge in [-0.2, -0.15) is 0 Å². The third kappa shape index (κ3) is 2.15. The van der Waals surface area contributed by atoms with Crippen LogP contribution in [0, 0.1) is 0 Å². The first kappa shape index (κ1) is 12.9. The van der Waals surface area contributed by atoms with Crippen molar-refractivity contribution < 1.29 is 9.84 Å². The number of likely N-dealkylation sites (N-methyl/N-ethyl adjacent to an activating group) is 1. The van der Waals surface area contributed by atoms with Crippen LogP contribution in [0.15, 0.2) is 24.3 Å². The molecule has 1 saturated heterocycles. The number of hydrogen-bond acceptors (Lipinski definition) is 3. The Kier molecular flexibility index (Phi) is 3.27. The molecule has 3 nitrogen and oxygen atoms in total. The monoisotopic (exact) mass is 261 g/mol. The summed E-state index contributed by atoms with van der Waals surface area (Å²) < 4.78 is 6.44. The first-order valence-corrected chi connectivity index (χ1v) is 7.29. The lowest BCUT2D eigenvalue weighted by molar-refractivity contribution is -0.198. The molecule has 0 radical (unpaired) electrons. The van der Waals surface area contributed by atoms with Crippen LogP contribution in [0.3, 0.4) is 0 Å². The average molecular weight is 261 g/mol. The molecule has 1 N–H and O–H groups in total. The molecule has 1 aromatic rings. The molecule has 0 aromatic heterocycles. The van der Waals surface area contributed by atoms with E-state index in [1.165, 1.54) is 19.3 Å². The fourth-order valence-electron chi connectivity index (χ4n) is 3.94. The van der Waals surface area contributed by atoms with Crippen molar-refractivity contribution in [3.8, 4) is 5.75 Å². The number of phenols is 1. The van der Waals surface area contributed by atoms with Crippen LogP contribution in [0.4, 0.5) is 0 Å². The van der Waals surface area contributed by atoms with Gasteiger partial charge in [0.25, 0.3) is 0 Å². The molecule has 1 aromatic carbocycles. The zero-order chi connectivity index (χ0) is 13.5. The highest BCUT2D eigenvalue weighted by Gasteiger charge is 2.49. The predicted molar refractivity (Wildman–Crippen MR) is 75.2 cm³/mol. The molecule has 1 heterocycles. The van der Waals surface area contributed by atoms with Crippen LogP contribution in [-0.2, 0) is 10.3 Å². The van der Waals surface area contributed by atoms with E-state index in [0.717, 1.165) is 18.5 Å². The number of rotatable bonds is 1. The number of morpholine rings is 1. The summed E-state index contributed by atoms with van der Waals surface area (Å²) >= 11 is 0. The second-order valence-corrected chi connectivity index (χ2v) is 6.07. The van der Waals surface area contributed by atoms with Gasteiger partial charge in [-0.25, -0.2) is 0 Å². The molecule has 0 bridgehead atoms. The molecule has 1 aliphatic carbocycles. The van der Waals surface area contributed by atoms with E-state index in [1.807, 2.05) is 12.1 Å². The largest absolute Gasteiger partial charge is 0.508 e. The predicted octanol–water partition coefficient (Wildman–Crippen LogP) is 2.88. The van der Waals surface area contributed by atoms with Crippen molar-refractivity contribution in [1.82, 2.24) is 4.90 Å². The molecule has 104 valence electrons. The number of benzene rings is 1. The summed E-state index contributed by atoms with van der Waals surface area (Å²) in [4.78, 5) is 2.44. The van der Waals surface area contributed by atoms with Gasteiger partial charge in [0.05, 0.1) is 6.10 Å². The van der Waals surface area contributed by atoms with Crippen LogP contribution < -0.4 is 0 Å². The van der Waals surface area contributed by atoms with Crippen LogP contribution in [0.2, 0.25) is 0 Å². The fraction of sp³-hybridized carbons (Fsp3) is 0.625. The van der Waals surface area contributed by atoms with Gasteiger partial charge >= 0.3 is 0 Å². The van der Waals surface area contributed by atoms with Crippen LogP contribution in [-0.4, -0.2) is 35.7 Å². The van der Waals surface area contributed by atoms with E-state index in [4.69, 9.17) is 4.74 Å². The standard InChI is InChI=1S/C16H23NO2/c1-12-11-17(2)15-8-3-4-9-16(15,19-12)13-6-5-7-14(18)10-13/h5-7,10,12,15,18H,3-4,8-9,11H2,1-2H3/t12-,15+,16-/m1/s1. The van der Waals surface area contributed by atoms with Crippen molar-refractivity contribution in [2.24, 2.45) is 0 Å². The Morgan fingerprint density at radius 3 is 3.00 bits per heavy atom. The lowest BCUT2D eigenvalue weighted by Gasteiger charge is -2.53. The first-order valence-electron chi connectivity index (χ1n) is 7.29. The van der Waals surface area contributed by atoms with Gasteiger partial charge in [-0.3, -0.25) is 4.90 Å². The van der Waals surface area contributed by atoms with Gasteiger partial charge in [0.2, 0.25) is 0 Å². The summed E-state index contributed by atoms with van der Waals surface area (Å²) in [7, 11) is 2.20. The van der Waals surface area contributed by atoms with Gasteiger partial charge in [-0.1, -0.05) is 25.0 Å². The second-order valence-electron chi connectivity index (χ2n) is 6.07. The van der Waals surface area contributed by atoms with Gasteiger partial charge in [-0.05, 0) is 44.5 Å². The fourth-order valence-corrected chi connectivity index (χ4v) is 3.94. The minimum atomic E-state index is -0.233. The lowest BCUT2D eigenvalue weighted by atomic mass is 9.73. The summed E-state index contributed by atoms with van der Waals surface area (Å²) in [6.07, 6.45) is 4.94. The van der Waals surface area contributed by atoms with E-state index in [9.17, 15) is 5.11 Å². The normalized spacial score (nSPS) is 35.9. The Balaban J connectivity index is 2.05. The average Bonchev–Trinajstić information content (AvgIpc) is 2.38. The third-order valence-electron chi connectivity index (χ3n) is 4.64. The maximum Gasteiger partial charge on any atom is 0.115 e. The number of hydrogen-bond donors (Lipinski definition) is 1. The van der Waals surface area contributed by atoms with Crippen molar-refractivity contribution in [3.05, 3.63) is 29.8 Å². The molecular weight excluding hydrogens is 238 g/mol. The maximum atomic E-state index is 9.79. The summed E-state index contributed by atoms with van der Waals surface area (Å²) in [6, 6.07) is 8.06. The smallest absolute Gasteiger partial charge is 0.115 e. The van der Waals surface area contributed by atoms with Gasteiger partial charge in [0.1, 0.15) is 11.4 Å². The van der Waals surface area contributed by atoms with Crippen LogP contribution >= 0.6 is 0 Å². The number of aromatic hydroxyl groups is 1. The molecule has 0 amide bonds. The Morgan fingerprint density at radius 2 is 2.21 bits per heavy atom. The Morgan fingerprint density at radius 1 is 1.37 bits per heavy atom. The summed E-state index contributed by atoms with van der Waals surface area (Å²) in [5.41, 5.74) is 0.902. The molecule has 0 unspecified atom stereocenters. The summed E-state index contributed by atoms with van der Waals surface area (Å²) in [6.45, 7) is 3.14. The number of nitrogens with zero attached hydrogens (tertiary/aromatic N) is 1. The minimum Gasteiger partial charge on any atom is -0.508 e. The van der Waals surface area contributed by atoms with E-state index in [1.54, 1.807) is 6.07 Å². The van der Waals surface area contributed by atoms with Crippen molar-refractivity contribution in [2.45, 2.75) is 50.4 Å².